The van der Waals surface area contributed by atoms with E-state index in [-0.39, 0.29) is 34.7 Å². The number of aromatic amines is 2. The van der Waals surface area contributed by atoms with Gasteiger partial charge in [-0.2, -0.15) is 0 Å². The van der Waals surface area contributed by atoms with E-state index in [1.54, 1.807) is 18.9 Å². The van der Waals surface area contributed by atoms with Crippen LogP contribution in [-0.4, -0.2) is 113 Å². The van der Waals surface area contributed by atoms with Gasteiger partial charge in [0.1, 0.15) is 36.1 Å². The molecule has 2 saturated carbocycles. The number of carbonyl (C=O) groups excluding carboxylic acids is 4. The Morgan fingerprint density at radius 1 is 0.881 bits per heavy atom. The van der Waals surface area contributed by atoms with Crippen molar-refractivity contribution in [1.82, 2.24) is 40.4 Å². The van der Waals surface area contributed by atoms with Gasteiger partial charge in [0.15, 0.2) is 0 Å². The number of nitrogens with zero attached hydrogens (tertiary/aromatic N) is 4. The summed E-state index contributed by atoms with van der Waals surface area (Å²) in [6.07, 6.45) is 3.23. The molecule has 0 spiro atoms. The molecular weight excluding hydrogens is 857 g/mol. The summed E-state index contributed by atoms with van der Waals surface area (Å²) < 4.78 is 27.3. The van der Waals surface area contributed by atoms with E-state index in [1.807, 2.05) is 53.6 Å². The standard InChI is InChI=1S/C50H52N8O9/c1-26(64-3)40(55-47(61)65-4)46(60)58-38(19-49-24-50(49,58)25-49)43-51-20-36(53-43)30-11-13-32-31(16-30)23-67-39-18-33-29(17-34(32)39)12-14-35-42(33)54-44(52-35)37-15-27(22-63-2)21-57(37)45(59)41(56-48(62)66-5)28-9-7-6-8-10-28/h6-14,16-18,20,26-27,37-38,40-41H,15,19,21-25H2,1-5H3,(H,51,53)(H,52,54)(H,55,61)(H,56,62)/t26-,27+,37+,38+,40+,41-,49?,50?/m1/s1. The summed E-state index contributed by atoms with van der Waals surface area (Å²) >= 11 is 0. The Morgan fingerprint density at radius 3 is 2.43 bits per heavy atom. The molecule has 0 bridgehead atoms. The topological polar surface area (TPSA) is 202 Å². The molecule has 67 heavy (non-hydrogen) atoms. The maximum Gasteiger partial charge on any atom is 0.407 e. The first-order valence-electron chi connectivity index (χ1n) is 22.7. The fourth-order valence-corrected chi connectivity index (χ4v) is 11.3. The van der Waals surface area contributed by atoms with Crippen LogP contribution in [0.3, 0.4) is 0 Å². The van der Waals surface area contributed by atoms with Crippen LogP contribution >= 0.6 is 0 Å². The van der Waals surface area contributed by atoms with Crippen LogP contribution in [-0.2, 0) is 35.1 Å². The number of ether oxygens (including phenoxy) is 5. The van der Waals surface area contributed by atoms with Crippen molar-refractivity contribution in [3.8, 4) is 28.1 Å². The predicted octanol–water partition coefficient (Wildman–Crippen LogP) is 6.86. The summed E-state index contributed by atoms with van der Waals surface area (Å²) in [6.45, 7) is 3.02. The number of amides is 4. The summed E-state index contributed by atoms with van der Waals surface area (Å²) in [7, 11) is 5.73. The van der Waals surface area contributed by atoms with E-state index >= 15 is 0 Å². The first kappa shape index (κ1) is 42.6. The lowest BCUT2D eigenvalue weighted by molar-refractivity contribution is -0.141. The summed E-state index contributed by atoms with van der Waals surface area (Å²) in [4.78, 5) is 74.3. The summed E-state index contributed by atoms with van der Waals surface area (Å²) in [5.41, 5.74) is 7.00. The number of methoxy groups -OCH3 is 4. The van der Waals surface area contributed by atoms with Gasteiger partial charge in [0.25, 0.3) is 5.91 Å². The van der Waals surface area contributed by atoms with Gasteiger partial charge in [0, 0.05) is 43.0 Å². The van der Waals surface area contributed by atoms with Crippen LogP contribution in [0.5, 0.6) is 5.75 Å². The number of H-pyrrole nitrogens is 2. The molecule has 6 aromatic rings. The second-order valence-electron chi connectivity index (χ2n) is 18.7. The first-order valence-corrected chi connectivity index (χ1v) is 22.7. The van der Waals surface area contributed by atoms with Gasteiger partial charge in [-0.05, 0) is 84.5 Å². The van der Waals surface area contributed by atoms with Crippen molar-refractivity contribution in [2.24, 2.45) is 11.3 Å². The number of imidazole rings is 2. The number of benzene rings is 4. The van der Waals surface area contributed by atoms with Crippen molar-refractivity contribution in [2.75, 3.05) is 41.6 Å². The molecule has 4 aromatic carbocycles. The van der Waals surface area contributed by atoms with Gasteiger partial charge >= 0.3 is 12.2 Å². The highest BCUT2D eigenvalue weighted by Crippen LogP contribution is 2.89. The van der Waals surface area contributed by atoms with E-state index in [1.165, 1.54) is 21.3 Å². The first-order chi connectivity index (χ1) is 32.5. The van der Waals surface area contributed by atoms with Crippen LogP contribution < -0.4 is 15.4 Å². The van der Waals surface area contributed by atoms with Crippen LogP contribution in [0.2, 0.25) is 0 Å². The van der Waals surface area contributed by atoms with Crippen LogP contribution in [0.4, 0.5) is 9.59 Å². The second kappa shape index (κ2) is 16.1. The molecule has 5 aliphatic rings. The molecule has 0 unspecified atom stereocenters. The minimum absolute atomic E-state index is 0.0557. The molecule has 17 heteroatoms. The van der Waals surface area contributed by atoms with Crippen molar-refractivity contribution in [1.29, 1.82) is 0 Å². The van der Waals surface area contributed by atoms with Crippen LogP contribution in [0.1, 0.15) is 73.5 Å². The fraction of sp³-hybridized carbons (Fsp3) is 0.400. The number of hydrogen-bond acceptors (Lipinski definition) is 11. The Kier molecular flexibility index (Phi) is 10.3. The molecular formula is C50H52N8O9. The third-order valence-electron chi connectivity index (χ3n) is 15.0. The number of piperidine rings is 2. The summed E-state index contributed by atoms with van der Waals surface area (Å²) in [5, 5.41) is 7.36. The van der Waals surface area contributed by atoms with Gasteiger partial charge in [-0.25, -0.2) is 19.6 Å². The van der Waals surface area contributed by atoms with Crippen molar-refractivity contribution < 1.29 is 42.9 Å². The molecule has 2 aliphatic carbocycles. The second-order valence-corrected chi connectivity index (χ2v) is 18.7. The highest BCUT2D eigenvalue weighted by molar-refractivity contribution is 6.07. The van der Waals surface area contributed by atoms with Gasteiger partial charge in [0.05, 0.1) is 67.5 Å². The van der Waals surface area contributed by atoms with Crippen molar-refractivity contribution in [3.63, 3.8) is 0 Å². The molecule has 4 fully saturated rings. The van der Waals surface area contributed by atoms with Gasteiger partial charge in [0.2, 0.25) is 5.91 Å². The highest BCUT2D eigenvalue weighted by Gasteiger charge is 2.91. The average Bonchev–Trinajstić information content (AvgIpc) is 3.75. The zero-order valence-electron chi connectivity index (χ0n) is 37.9. The molecule has 0 radical (unpaired) electrons. The normalized spacial score (nSPS) is 24.4. The Bertz CT molecular complexity index is 2960. The number of fused-ring (bicyclic) bond motifs is 6. The summed E-state index contributed by atoms with van der Waals surface area (Å²) in [5.74, 6) is 1.70. The molecule has 346 valence electrons. The Labute approximate surface area is 385 Å². The molecule has 3 aliphatic heterocycles. The lowest BCUT2D eigenvalue weighted by atomic mass is 9.92. The van der Waals surface area contributed by atoms with Crippen molar-refractivity contribution in [2.45, 2.75) is 75.0 Å². The largest absolute Gasteiger partial charge is 0.488 e. The van der Waals surface area contributed by atoms with Crippen LogP contribution in [0.15, 0.2) is 79.0 Å². The number of hydrogen-bond donors (Lipinski definition) is 4. The molecule has 6 atom stereocenters. The third kappa shape index (κ3) is 6.96. The van der Waals surface area contributed by atoms with Gasteiger partial charge in [-0.1, -0.05) is 48.5 Å². The monoisotopic (exact) mass is 908 g/mol. The van der Waals surface area contributed by atoms with Gasteiger partial charge in [-0.15, -0.1) is 0 Å². The minimum Gasteiger partial charge on any atom is -0.488 e. The van der Waals surface area contributed by atoms with E-state index in [0.29, 0.717) is 43.4 Å². The third-order valence-corrected chi connectivity index (χ3v) is 15.0. The quantitative estimate of drug-likeness (QED) is 0.0999. The maximum absolute atomic E-state index is 14.4. The summed E-state index contributed by atoms with van der Waals surface area (Å²) in [6, 6.07) is 21.2. The molecule has 5 heterocycles. The van der Waals surface area contributed by atoms with Crippen LogP contribution in [0, 0.1) is 11.3 Å². The maximum atomic E-state index is 14.4. The predicted molar refractivity (Wildman–Crippen MR) is 245 cm³/mol. The Hall–Kier alpha value is -6.98. The Morgan fingerprint density at radius 2 is 1.67 bits per heavy atom. The number of nitrogens with one attached hydrogen (secondary N) is 4. The average molecular weight is 909 g/mol. The van der Waals surface area contributed by atoms with E-state index in [9.17, 15) is 19.2 Å². The van der Waals surface area contributed by atoms with Gasteiger partial charge in [-0.3, -0.25) is 9.59 Å². The number of aromatic nitrogens is 4. The zero-order chi connectivity index (χ0) is 46.4. The van der Waals surface area contributed by atoms with E-state index in [4.69, 9.17) is 33.7 Å². The molecule has 2 saturated heterocycles. The highest BCUT2D eigenvalue weighted by atomic mass is 16.5. The molecule has 2 aromatic heterocycles. The number of likely N-dealkylation sites (tertiary alicyclic amines) is 2. The molecule has 4 N–H and O–H groups in total. The minimum atomic E-state index is -0.958. The lowest BCUT2D eigenvalue weighted by Crippen LogP contribution is -2.56. The number of rotatable bonds is 12. The molecule has 11 rings (SSSR count). The van der Waals surface area contributed by atoms with Crippen molar-refractivity contribution >= 4 is 45.8 Å². The zero-order valence-corrected chi connectivity index (χ0v) is 37.9. The lowest BCUT2D eigenvalue weighted by Gasteiger charge is -2.36. The Balaban J connectivity index is 0.861. The SMILES string of the molecule is COC[C@H]1C[C@@H](c2nc3c(ccc4cc5c(cc43)OCc3cc(-c4cnc([C@@H]6CC78CC7(C8)N6C(=O)[C@@H](NC(=O)OC)[C@@H](C)OC)[nH]4)ccc3-5)[nH]2)N(C(=O)[C@H](NC(=O)OC)c2ccccc2)C1. The number of alkyl carbamates (subject to hydrolysis) is 2. The van der Waals surface area contributed by atoms with E-state index in [0.717, 1.165) is 74.8 Å². The molecule has 17 nitrogen and oxygen atoms in total. The number of carbonyl (C=O) groups is 4. The molecule has 4 amide bonds. The van der Waals surface area contributed by atoms with Crippen LogP contribution in [0.25, 0.3) is 44.2 Å². The van der Waals surface area contributed by atoms with Gasteiger partial charge < -0.3 is 54.1 Å². The van der Waals surface area contributed by atoms with E-state index < -0.39 is 36.4 Å². The fourth-order valence-electron chi connectivity index (χ4n) is 11.3. The smallest absolute Gasteiger partial charge is 0.407 e. The van der Waals surface area contributed by atoms with E-state index in [2.05, 4.69) is 50.9 Å². The van der Waals surface area contributed by atoms with Crippen molar-refractivity contribution in [3.05, 3.63) is 102 Å².